The third-order valence-corrected chi connectivity index (χ3v) is 5.13. The predicted molar refractivity (Wildman–Crippen MR) is 88.7 cm³/mol. The van der Waals surface area contributed by atoms with Gasteiger partial charge in [0.1, 0.15) is 5.82 Å². The topological polar surface area (TPSA) is 42.1 Å². The lowest BCUT2D eigenvalue weighted by atomic mass is 10.1. The third kappa shape index (κ3) is 2.20. The van der Waals surface area contributed by atoms with Gasteiger partial charge < -0.3 is 10.6 Å². The highest BCUT2D eigenvalue weighted by atomic mass is 32.1. The van der Waals surface area contributed by atoms with Crippen molar-refractivity contribution in [2.75, 3.05) is 11.4 Å². The van der Waals surface area contributed by atoms with Crippen LogP contribution in [0.15, 0.2) is 41.8 Å². The molecule has 3 aromatic rings. The zero-order valence-electron chi connectivity index (χ0n) is 11.7. The number of anilines is 1. The van der Waals surface area contributed by atoms with Crippen molar-refractivity contribution in [3.05, 3.63) is 57.8 Å². The molecule has 4 rings (SSSR count). The number of nitrogens with zero attached hydrogens (tertiary/aromatic N) is 2. The Balaban J connectivity index is 1.79. The van der Waals surface area contributed by atoms with Gasteiger partial charge in [0.15, 0.2) is 0 Å². The highest BCUT2D eigenvalue weighted by Gasteiger charge is 2.20. The Morgan fingerprint density at radius 1 is 1.24 bits per heavy atom. The van der Waals surface area contributed by atoms with Crippen LogP contribution in [-0.2, 0) is 19.5 Å². The molecule has 1 aliphatic heterocycles. The number of hydrogen-bond donors (Lipinski definition) is 1. The number of thiophene rings is 1. The Hall–Kier alpha value is -1.91. The number of nitrogens with two attached hydrogens (primary N) is 1. The van der Waals surface area contributed by atoms with E-state index in [0.717, 1.165) is 41.8 Å². The van der Waals surface area contributed by atoms with Crippen molar-refractivity contribution in [1.82, 2.24) is 4.98 Å². The second kappa shape index (κ2) is 5.13. The molecule has 1 aliphatic rings. The summed E-state index contributed by atoms with van der Waals surface area (Å²) >= 11 is 1.86. The maximum absolute atomic E-state index is 5.96. The average molecular weight is 295 g/mol. The fraction of sp³-hybridized carbons (Fsp3) is 0.235. The lowest BCUT2D eigenvalue weighted by molar-refractivity contribution is 0.728. The summed E-state index contributed by atoms with van der Waals surface area (Å²) in [4.78, 5) is 8.76. The van der Waals surface area contributed by atoms with Crippen LogP contribution in [0.25, 0.3) is 10.9 Å². The van der Waals surface area contributed by atoms with Gasteiger partial charge in [0.05, 0.1) is 5.52 Å². The SMILES string of the molecule is NCc1cc2ccccc2nc1N1CCc2sccc2C1. The van der Waals surface area contributed by atoms with Crippen LogP contribution in [0.3, 0.4) is 0 Å². The summed E-state index contributed by atoms with van der Waals surface area (Å²) in [6, 6.07) is 12.7. The van der Waals surface area contributed by atoms with E-state index in [9.17, 15) is 0 Å². The second-order valence-corrected chi connectivity index (χ2v) is 6.41. The minimum absolute atomic E-state index is 0.528. The molecule has 2 aromatic heterocycles. The van der Waals surface area contributed by atoms with E-state index < -0.39 is 0 Å². The van der Waals surface area contributed by atoms with E-state index in [0.29, 0.717) is 6.54 Å². The van der Waals surface area contributed by atoms with Crippen LogP contribution >= 0.6 is 11.3 Å². The molecule has 0 aliphatic carbocycles. The third-order valence-electron chi connectivity index (χ3n) is 4.11. The number of pyridine rings is 1. The van der Waals surface area contributed by atoms with E-state index >= 15 is 0 Å². The zero-order valence-corrected chi connectivity index (χ0v) is 12.6. The summed E-state index contributed by atoms with van der Waals surface area (Å²) in [5.74, 6) is 1.05. The molecule has 106 valence electrons. The molecule has 0 spiro atoms. The van der Waals surface area contributed by atoms with Crippen LogP contribution in [0.2, 0.25) is 0 Å². The summed E-state index contributed by atoms with van der Waals surface area (Å²) in [6.45, 7) is 2.49. The summed E-state index contributed by atoms with van der Waals surface area (Å²) < 4.78 is 0. The Morgan fingerprint density at radius 3 is 3.05 bits per heavy atom. The van der Waals surface area contributed by atoms with Gasteiger partial charge in [-0.05, 0) is 35.6 Å². The number of fused-ring (bicyclic) bond motifs is 2. The maximum Gasteiger partial charge on any atom is 0.134 e. The quantitative estimate of drug-likeness (QED) is 0.788. The first kappa shape index (κ1) is 12.8. The van der Waals surface area contributed by atoms with Gasteiger partial charge in [-0.25, -0.2) is 4.98 Å². The minimum Gasteiger partial charge on any atom is -0.352 e. The molecule has 3 heterocycles. The van der Waals surface area contributed by atoms with Gasteiger partial charge in [0, 0.05) is 35.5 Å². The molecule has 1 aromatic carbocycles. The minimum atomic E-state index is 0.528. The van der Waals surface area contributed by atoms with Gasteiger partial charge in [-0.15, -0.1) is 11.3 Å². The van der Waals surface area contributed by atoms with Gasteiger partial charge in [0.2, 0.25) is 0 Å². The van der Waals surface area contributed by atoms with E-state index in [1.807, 2.05) is 23.5 Å². The van der Waals surface area contributed by atoms with Gasteiger partial charge in [0.25, 0.3) is 0 Å². The van der Waals surface area contributed by atoms with Gasteiger partial charge >= 0.3 is 0 Å². The molecule has 0 fully saturated rings. The molecule has 0 saturated carbocycles. The molecule has 2 N–H and O–H groups in total. The van der Waals surface area contributed by atoms with Gasteiger partial charge in [-0.2, -0.15) is 0 Å². The van der Waals surface area contributed by atoms with Crippen molar-refractivity contribution < 1.29 is 0 Å². The zero-order chi connectivity index (χ0) is 14.2. The van der Waals surface area contributed by atoms with Crippen LogP contribution in [0.4, 0.5) is 5.82 Å². The summed E-state index contributed by atoms with van der Waals surface area (Å²) in [5, 5.41) is 3.35. The lowest BCUT2D eigenvalue weighted by Crippen LogP contribution is -2.31. The summed E-state index contributed by atoms with van der Waals surface area (Å²) in [7, 11) is 0. The monoisotopic (exact) mass is 295 g/mol. The van der Waals surface area contributed by atoms with Crippen LogP contribution in [-0.4, -0.2) is 11.5 Å². The normalized spacial score (nSPS) is 14.4. The Labute approximate surface area is 128 Å². The number of hydrogen-bond acceptors (Lipinski definition) is 4. The van der Waals surface area contributed by atoms with Crippen LogP contribution in [0.1, 0.15) is 16.0 Å². The van der Waals surface area contributed by atoms with Crippen molar-refractivity contribution in [3.8, 4) is 0 Å². The largest absolute Gasteiger partial charge is 0.352 e. The fourth-order valence-corrected chi connectivity index (χ4v) is 3.89. The molecule has 0 radical (unpaired) electrons. The molecular weight excluding hydrogens is 278 g/mol. The molecule has 0 unspecified atom stereocenters. The molecule has 0 bridgehead atoms. The van der Waals surface area contributed by atoms with E-state index in [1.54, 1.807) is 0 Å². The number of aromatic nitrogens is 1. The average Bonchev–Trinajstić information content (AvgIpc) is 3.01. The summed E-state index contributed by atoms with van der Waals surface area (Å²) in [5.41, 5.74) is 9.57. The Kier molecular flexibility index (Phi) is 3.13. The van der Waals surface area contributed by atoms with Crippen molar-refractivity contribution >= 4 is 28.1 Å². The van der Waals surface area contributed by atoms with Crippen LogP contribution < -0.4 is 10.6 Å². The molecular formula is C17H17N3S. The van der Waals surface area contributed by atoms with E-state index in [2.05, 4.69) is 34.5 Å². The number of para-hydroxylation sites is 1. The first-order valence-electron chi connectivity index (χ1n) is 7.24. The maximum atomic E-state index is 5.96. The molecule has 21 heavy (non-hydrogen) atoms. The van der Waals surface area contributed by atoms with Crippen molar-refractivity contribution in [2.45, 2.75) is 19.5 Å². The van der Waals surface area contributed by atoms with E-state index in [1.165, 1.54) is 10.4 Å². The molecule has 3 nitrogen and oxygen atoms in total. The highest BCUT2D eigenvalue weighted by molar-refractivity contribution is 7.10. The van der Waals surface area contributed by atoms with Gasteiger partial charge in [-0.1, -0.05) is 18.2 Å². The highest BCUT2D eigenvalue weighted by Crippen LogP contribution is 2.30. The Morgan fingerprint density at radius 2 is 2.14 bits per heavy atom. The van der Waals surface area contributed by atoms with Crippen molar-refractivity contribution in [1.29, 1.82) is 0 Å². The van der Waals surface area contributed by atoms with Crippen molar-refractivity contribution in [2.24, 2.45) is 5.73 Å². The van der Waals surface area contributed by atoms with E-state index in [-0.39, 0.29) is 0 Å². The fourth-order valence-electron chi connectivity index (χ4n) is 3.00. The number of benzene rings is 1. The Bertz CT molecular complexity index is 794. The summed E-state index contributed by atoms with van der Waals surface area (Å²) in [6.07, 6.45) is 1.10. The molecule has 0 saturated heterocycles. The standard InChI is InChI=1S/C17H17N3S/c18-10-14-9-12-3-1-2-4-15(12)19-17(14)20-7-5-16-13(11-20)6-8-21-16/h1-4,6,8-9H,5,7,10-11,18H2. The van der Waals surface area contributed by atoms with E-state index in [4.69, 9.17) is 10.7 Å². The molecule has 4 heteroatoms. The van der Waals surface area contributed by atoms with Crippen molar-refractivity contribution in [3.63, 3.8) is 0 Å². The predicted octanol–water partition coefficient (Wildman–Crippen LogP) is 3.32. The number of rotatable bonds is 2. The van der Waals surface area contributed by atoms with Crippen LogP contribution in [0.5, 0.6) is 0 Å². The van der Waals surface area contributed by atoms with Gasteiger partial charge in [-0.3, -0.25) is 0 Å². The first-order valence-corrected chi connectivity index (χ1v) is 8.12. The first-order chi connectivity index (χ1) is 10.3. The molecule has 0 atom stereocenters. The molecule has 0 amide bonds. The van der Waals surface area contributed by atoms with Crippen LogP contribution in [0, 0.1) is 0 Å². The lowest BCUT2D eigenvalue weighted by Gasteiger charge is -2.29. The smallest absolute Gasteiger partial charge is 0.134 e. The second-order valence-electron chi connectivity index (χ2n) is 5.41.